The molecule has 1 aliphatic heterocycles. The van der Waals surface area contributed by atoms with E-state index in [0.717, 1.165) is 6.42 Å². The number of esters is 1. The third-order valence-corrected chi connectivity index (χ3v) is 4.13. The summed E-state index contributed by atoms with van der Waals surface area (Å²) in [4.78, 5) is 34.9. The van der Waals surface area contributed by atoms with Gasteiger partial charge in [-0.15, -0.1) is 0 Å². The first kappa shape index (κ1) is 18.4. The summed E-state index contributed by atoms with van der Waals surface area (Å²) in [5.74, 6) is -0.173. The quantitative estimate of drug-likeness (QED) is 0.344. The number of nitro benzene ring substituents is 1. The van der Waals surface area contributed by atoms with Gasteiger partial charge in [0.2, 0.25) is 0 Å². The summed E-state index contributed by atoms with van der Waals surface area (Å²) in [6.07, 6.45) is 0.748. The zero-order chi connectivity index (χ0) is 19.4. The minimum atomic E-state index is -0.793. The molecule has 27 heavy (non-hydrogen) atoms. The maximum atomic E-state index is 12.3. The van der Waals surface area contributed by atoms with E-state index in [1.54, 1.807) is 18.2 Å². The number of rotatable bonds is 5. The standard InChI is InChI=1S/C19H17NO7/c1-12-14(4-2-5-15(12)20(23)24)19(22)27-11-16(21)13-6-7-17-18(10-13)26-9-3-8-25-17/h2,4-7,10H,3,8-9,11H2,1H3. The predicted molar refractivity (Wildman–Crippen MR) is 94.5 cm³/mol. The molecule has 0 unspecified atom stereocenters. The van der Waals surface area contributed by atoms with E-state index in [0.29, 0.717) is 30.3 Å². The first-order valence-electron chi connectivity index (χ1n) is 8.31. The van der Waals surface area contributed by atoms with Gasteiger partial charge in [-0.1, -0.05) is 6.07 Å². The lowest BCUT2D eigenvalue weighted by Crippen LogP contribution is -2.15. The number of nitro groups is 1. The van der Waals surface area contributed by atoms with Crippen molar-refractivity contribution >= 4 is 17.4 Å². The van der Waals surface area contributed by atoms with Crippen molar-refractivity contribution < 1.29 is 28.7 Å². The van der Waals surface area contributed by atoms with Gasteiger partial charge in [0.05, 0.1) is 23.7 Å². The zero-order valence-corrected chi connectivity index (χ0v) is 14.6. The number of hydrogen-bond acceptors (Lipinski definition) is 7. The number of benzene rings is 2. The van der Waals surface area contributed by atoms with Crippen LogP contribution < -0.4 is 9.47 Å². The number of nitrogens with zero attached hydrogens (tertiary/aromatic N) is 1. The van der Waals surface area contributed by atoms with Crippen LogP contribution in [0, 0.1) is 17.0 Å². The van der Waals surface area contributed by atoms with Crippen LogP contribution in [0.25, 0.3) is 0 Å². The molecule has 8 heteroatoms. The first-order valence-corrected chi connectivity index (χ1v) is 8.31. The molecule has 3 rings (SSSR count). The molecule has 0 atom stereocenters. The average Bonchev–Trinajstić information content (AvgIpc) is 2.90. The number of carbonyl (C=O) groups is 2. The van der Waals surface area contributed by atoms with E-state index in [1.807, 2.05) is 0 Å². The van der Waals surface area contributed by atoms with Crippen LogP contribution in [0.2, 0.25) is 0 Å². The molecule has 0 spiro atoms. The van der Waals surface area contributed by atoms with Crippen LogP contribution in [0.5, 0.6) is 11.5 Å². The summed E-state index contributed by atoms with van der Waals surface area (Å²) in [6.45, 7) is 2.01. The third-order valence-electron chi connectivity index (χ3n) is 4.13. The van der Waals surface area contributed by atoms with Crippen molar-refractivity contribution in [1.29, 1.82) is 0 Å². The Labute approximate surface area is 154 Å². The predicted octanol–water partition coefficient (Wildman–Crippen LogP) is 3.10. The van der Waals surface area contributed by atoms with Gasteiger partial charge >= 0.3 is 5.97 Å². The van der Waals surface area contributed by atoms with Crippen LogP contribution in [-0.4, -0.2) is 36.5 Å². The minimum Gasteiger partial charge on any atom is -0.490 e. The van der Waals surface area contributed by atoms with Gasteiger partial charge in [-0.2, -0.15) is 0 Å². The van der Waals surface area contributed by atoms with E-state index in [9.17, 15) is 19.7 Å². The molecule has 0 N–H and O–H groups in total. The van der Waals surface area contributed by atoms with E-state index in [2.05, 4.69) is 0 Å². The summed E-state index contributed by atoms with van der Waals surface area (Å²) >= 11 is 0. The second kappa shape index (κ2) is 7.86. The second-order valence-corrected chi connectivity index (χ2v) is 5.92. The SMILES string of the molecule is Cc1c(C(=O)OCC(=O)c2ccc3c(c2)OCCCO3)cccc1[N+](=O)[O-]. The normalized spacial score (nSPS) is 12.8. The molecule has 8 nitrogen and oxygen atoms in total. The number of hydrogen-bond donors (Lipinski definition) is 0. The fourth-order valence-corrected chi connectivity index (χ4v) is 2.67. The van der Waals surface area contributed by atoms with E-state index >= 15 is 0 Å². The summed E-state index contributed by atoms with van der Waals surface area (Å²) < 4.78 is 16.1. The molecular formula is C19H17NO7. The van der Waals surface area contributed by atoms with Crippen LogP contribution in [0.4, 0.5) is 5.69 Å². The highest BCUT2D eigenvalue weighted by Crippen LogP contribution is 2.30. The number of Topliss-reactive ketones (excluding diaryl/α,β-unsaturated/α-hetero) is 1. The Morgan fingerprint density at radius 3 is 2.63 bits per heavy atom. The van der Waals surface area contributed by atoms with Crippen molar-refractivity contribution in [3.8, 4) is 11.5 Å². The van der Waals surface area contributed by atoms with Gasteiger partial charge < -0.3 is 14.2 Å². The smallest absolute Gasteiger partial charge is 0.339 e. The van der Waals surface area contributed by atoms with E-state index in [1.165, 1.54) is 25.1 Å². The molecule has 0 amide bonds. The molecular weight excluding hydrogens is 354 g/mol. The Hall–Kier alpha value is -3.42. The molecule has 1 aliphatic rings. The second-order valence-electron chi connectivity index (χ2n) is 5.92. The van der Waals surface area contributed by atoms with Crippen LogP contribution in [-0.2, 0) is 4.74 Å². The number of ether oxygens (including phenoxy) is 3. The van der Waals surface area contributed by atoms with Gasteiger partial charge in [0.15, 0.2) is 23.9 Å². The molecule has 2 aromatic carbocycles. The molecule has 0 aromatic heterocycles. The minimum absolute atomic E-state index is 0.0515. The lowest BCUT2D eigenvalue weighted by Gasteiger charge is -2.10. The molecule has 0 saturated carbocycles. The van der Waals surface area contributed by atoms with Crippen molar-refractivity contribution in [2.24, 2.45) is 0 Å². The number of fused-ring (bicyclic) bond motifs is 1. The molecule has 0 radical (unpaired) electrons. The summed E-state index contributed by atoms with van der Waals surface area (Å²) in [7, 11) is 0. The van der Waals surface area contributed by atoms with Crippen molar-refractivity contribution in [2.75, 3.05) is 19.8 Å². The van der Waals surface area contributed by atoms with Gasteiger partial charge in [0, 0.05) is 23.6 Å². The van der Waals surface area contributed by atoms with Crippen molar-refractivity contribution in [3.63, 3.8) is 0 Å². The number of ketones is 1. The average molecular weight is 371 g/mol. The van der Waals surface area contributed by atoms with Gasteiger partial charge in [-0.05, 0) is 31.2 Å². The highest BCUT2D eigenvalue weighted by molar-refractivity contribution is 6.00. The van der Waals surface area contributed by atoms with Crippen LogP contribution in [0.3, 0.4) is 0 Å². The fraction of sp³-hybridized carbons (Fsp3) is 0.263. The monoisotopic (exact) mass is 371 g/mol. The molecule has 2 aromatic rings. The maximum Gasteiger partial charge on any atom is 0.339 e. The molecule has 0 bridgehead atoms. The van der Waals surface area contributed by atoms with Gasteiger partial charge in [-0.3, -0.25) is 14.9 Å². The summed E-state index contributed by atoms with van der Waals surface area (Å²) in [5.41, 5.74) is 0.382. The Balaban J connectivity index is 1.69. The van der Waals surface area contributed by atoms with Crippen LogP contribution in [0.1, 0.15) is 32.7 Å². The van der Waals surface area contributed by atoms with E-state index in [4.69, 9.17) is 14.2 Å². The topological polar surface area (TPSA) is 105 Å². The lowest BCUT2D eigenvalue weighted by atomic mass is 10.1. The zero-order valence-electron chi connectivity index (χ0n) is 14.6. The van der Waals surface area contributed by atoms with Gasteiger partial charge in [-0.25, -0.2) is 4.79 Å². The Morgan fingerprint density at radius 1 is 1.15 bits per heavy atom. The molecule has 0 fully saturated rings. The Kier molecular flexibility index (Phi) is 5.35. The largest absolute Gasteiger partial charge is 0.490 e. The van der Waals surface area contributed by atoms with Crippen molar-refractivity contribution in [2.45, 2.75) is 13.3 Å². The third kappa shape index (κ3) is 4.05. The van der Waals surface area contributed by atoms with Crippen LogP contribution >= 0.6 is 0 Å². The number of carbonyl (C=O) groups excluding carboxylic acids is 2. The molecule has 1 heterocycles. The molecule has 0 saturated heterocycles. The van der Waals surface area contributed by atoms with E-state index in [-0.39, 0.29) is 16.8 Å². The fourth-order valence-electron chi connectivity index (χ4n) is 2.67. The lowest BCUT2D eigenvalue weighted by molar-refractivity contribution is -0.385. The highest BCUT2D eigenvalue weighted by Gasteiger charge is 2.20. The summed E-state index contributed by atoms with van der Waals surface area (Å²) in [5, 5.41) is 11.0. The Bertz CT molecular complexity index is 907. The van der Waals surface area contributed by atoms with Crippen molar-refractivity contribution in [1.82, 2.24) is 0 Å². The summed E-state index contributed by atoms with van der Waals surface area (Å²) in [6, 6.07) is 8.88. The van der Waals surface area contributed by atoms with Crippen molar-refractivity contribution in [3.05, 3.63) is 63.2 Å². The maximum absolute atomic E-state index is 12.3. The van der Waals surface area contributed by atoms with Gasteiger partial charge in [0.25, 0.3) is 5.69 Å². The Morgan fingerprint density at radius 2 is 1.89 bits per heavy atom. The van der Waals surface area contributed by atoms with E-state index < -0.39 is 23.3 Å². The molecule has 0 aliphatic carbocycles. The highest BCUT2D eigenvalue weighted by atomic mass is 16.6. The van der Waals surface area contributed by atoms with Crippen LogP contribution in [0.15, 0.2) is 36.4 Å². The first-order chi connectivity index (χ1) is 13.0. The van der Waals surface area contributed by atoms with Gasteiger partial charge in [0.1, 0.15) is 0 Å². The molecule has 140 valence electrons.